The Balaban J connectivity index is 0.000000163. The predicted molar refractivity (Wildman–Crippen MR) is 299 cm³/mol. The maximum atomic E-state index is 11.6. The number of hydrogen-bond donors (Lipinski definition) is 1. The molecule has 0 saturated carbocycles. The smallest absolute Gasteiger partial charge is 0.153 e. The number of halogens is 2. The van der Waals surface area contributed by atoms with Crippen LogP contribution in [0.1, 0.15) is 98.3 Å². The van der Waals surface area contributed by atoms with Gasteiger partial charge in [0.2, 0.25) is 0 Å². The molecule has 1 N–H and O–H groups in total. The maximum Gasteiger partial charge on any atom is 0.153 e. The Morgan fingerprint density at radius 2 is 1.09 bits per heavy atom. The van der Waals surface area contributed by atoms with Crippen molar-refractivity contribution in [3.8, 4) is 57.4 Å². The number of rotatable bonds is 15. The van der Waals surface area contributed by atoms with Crippen molar-refractivity contribution in [1.82, 2.24) is 20.2 Å². The van der Waals surface area contributed by atoms with Crippen molar-refractivity contribution >= 4 is 29.5 Å². The molecule has 2 aromatic heterocycles. The molecule has 2 unspecified atom stereocenters. The number of carbonyl (C=O) groups excluding carboxylic acids is 1. The number of nitrogens with one attached hydrogen (secondary N) is 1. The average molecular weight is 1060 g/mol. The van der Waals surface area contributed by atoms with Crippen LogP contribution in [-0.4, -0.2) is 47.3 Å². The second-order valence-corrected chi connectivity index (χ2v) is 20.1. The molecule has 0 bridgehead atoms. The highest BCUT2D eigenvalue weighted by molar-refractivity contribution is 6.32. The van der Waals surface area contributed by atoms with E-state index in [-0.39, 0.29) is 18.8 Å². The predicted octanol–water partition coefficient (Wildman–Crippen LogP) is 13.8. The molecule has 2 aliphatic carbocycles. The van der Waals surface area contributed by atoms with Crippen LogP contribution in [0, 0.1) is 22.7 Å². The normalized spacial score (nSPS) is 15.7. The Bertz CT molecular complexity index is 3440. The number of ether oxygens (including phenoxy) is 4. The van der Waals surface area contributed by atoms with Crippen LogP contribution < -0.4 is 24.3 Å². The molecule has 2 saturated heterocycles. The minimum atomic E-state index is -0.155. The first kappa shape index (κ1) is 52.4. The number of pyridine rings is 2. The molecule has 386 valence electrons. The molecule has 4 aliphatic rings. The van der Waals surface area contributed by atoms with Crippen molar-refractivity contribution in [2.24, 2.45) is 0 Å². The first-order valence-electron chi connectivity index (χ1n) is 26.0. The molecule has 2 aliphatic heterocycles. The molecule has 0 spiro atoms. The molecule has 77 heavy (non-hydrogen) atoms. The van der Waals surface area contributed by atoms with E-state index in [9.17, 15) is 10.1 Å². The third-order valence-electron chi connectivity index (χ3n) is 14.1. The van der Waals surface area contributed by atoms with E-state index in [4.69, 9.17) is 47.4 Å². The van der Waals surface area contributed by atoms with Crippen LogP contribution in [0.15, 0.2) is 158 Å². The second-order valence-electron chi connectivity index (χ2n) is 19.3. The lowest BCUT2D eigenvalue weighted by molar-refractivity contribution is 0.111. The molecule has 13 heteroatoms. The zero-order chi connectivity index (χ0) is 52.9. The van der Waals surface area contributed by atoms with Gasteiger partial charge in [-0.2, -0.15) is 10.5 Å². The molecule has 6 aromatic carbocycles. The summed E-state index contributed by atoms with van der Waals surface area (Å²) in [5, 5.41) is 22.3. The molecular formula is C64H56Cl2N6O5. The quantitative estimate of drug-likeness (QED) is 0.0980. The highest BCUT2D eigenvalue weighted by Gasteiger charge is 2.30. The van der Waals surface area contributed by atoms with Gasteiger partial charge in [-0.05, 0) is 133 Å². The highest BCUT2D eigenvalue weighted by atomic mass is 35.5. The average Bonchev–Trinajstić information content (AvgIpc) is 4.09. The zero-order valence-corrected chi connectivity index (χ0v) is 44.0. The summed E-state index contributed by atoms with van der Waals surface area (Å²) in [7, 11) is 0. The van der Waals surface area contributed by atoms with E-state index in [1.54, 1.807) is 42.9 Å². The van der Waals surface area contributed by atoms with Gasteiger partial charge in [0.1, 0.15) is 60.6 Å². The lowest BCUT2D eigenvalue weighted by Crippen LogP contribution is -2.36. The number of nitrogens with zero attached hydrogens (tertiary/aromatic N) is 5. The molecule has 0 radical (unpaired) electrons. The van der Waals surface area contributed by atoms with E-state index in [1.807, 2.05) is 36.4 Å². The Labute approximate surface area is 459 Å². The lowest BCUT2D eigenvalue weighted by atomic mass is 9.97. The fourth-order valence-electron chi connectivity index (χ4n) is 9.88. The van der Waals surface area contributed by atoms with E-state index >= 15 is 0 Å². The zero-order valence-electron chi connectivity index (χ0n) is 42.5. The first-order chi connectivity index (χ1) is 37.8. The minimum absolute atomic E-state index is 0.0724. The number of fused-ring (bicyclic) bond motifs is 2. The largest absolute Gasteiger partial charge is 0.488 e. The number of nitriles is 2. The summed E-state index contributed by atoms with van der Waals surface area (Å²) in [4.78, 5) is 22.2. The number of carbonyl (C=O) groups is 1. The minimum Gasteiger partial charge on any atom is -0.488 e. The van der Waals surface area contributed by atoms with Gasteiger partial charge in [0.25, 0.3) is 0 Å². The SMILES string of the molecule is C1CNC1.N#Cc1cncc(COc2cc(OC3CCc4c(-c5ccccc5)cccc43)c(Cl)cc2C=O)c1.N#Cc1cncc(COc2cc(OC3CCc4c(-c5ccccc5)cccc43)c(Cl)cc2CN2CCC2)c1. The van der Waals surface area contributed by atoms with Crippen molar-refractivity contribution in [1.29, 1.82) is 10.5 Å². The molecule has 11 nitrogen and oxygen atoms in total. The maximum absolute atomic E-state index is 11.6. The third kappa shape index (κ3) is 12.8. The Kier molecular flexibility index (Phi) is 17.2. The number of aldehydes is 1. The van der Waals surface area contributed by atoms with Crippen molar-refractivity contribution in [3.05, 3.63) is 224 Å². The molecule has 2 atom stereocenters. The standard InChI is InChI=1S/C32H28ClN3O2.C29H21ClN2O3.C3H7N/c33-29-15-25(20-36-12-5-13-36)31(37-21-23-14-22(17-34)18-35-19-23)16-32(29)38-30-11-10-27-26(8-4-9-28(27)30)24-6-2-1-3-7-24;30-26-12-22(17-33)28(34-18-20-11-19(14-31)15-32-16-20)13-29(26)35-27-10-9-24-23(7-4-8-25(24)27)21-5-2-1-3-6-21;1-2-4-3-1/h1-4,6-9,14-16,18-19,30H,5,10-13,20-21H2;1-8,11-13,15-17,27H,9-10,18H2;4H,1-3H2. The summed E-state index contributed by atoms with van der Waals surface area (Å²) < 4.78 is 25.1. The number of likely N-dealkylation sites (tertiary alicyclic amines) is 1. The van der Waals surface area contributed by atoms with Crippen molar-refractivity contribution < 1.29 is 23.7 Å². The van der Waals surface area contributed by atoms with Gasteiger partial charge in [0, 0.05) is 60.2 Å². The van der Waals surface area contributed by atoms with Crippen LogP contribution in [-0.2, 0) is 32.6 Å². The van der Waals surface area contributed by atoms with Gasteiger partial charge in [-0.1, -0.05) is 120 Å². The summed E-state index contributed by atoms with van der Waals surface area (Å²) in [5.74, 6) is 2.19. The Hall–Kier alpha value is -8.03. The van der Waals surface area contributed by atoms with Gasteiger partial charge in [-0.25, -0.2) is 0 Å². The van der Waals surface area contributed by atoms with Gasteiger partial charge in [-0.3, -0.25) is 19.7 Å². The summed E-state index contributed by atoms with van der Waals surface area (Å²) in [5.41, 5.74) is 13.8. The summed E-state index contributed by atoms with van der Waals surface area (Å²) >= 11 is 13.3. The molecule has 2 fully saturated rings. The van der Waals surface area contributed by atoms with Crippen LogP contribution in [0.25, 0.3) is 22.3 Å². The summed E-state index contributed by atoms with van der Waals surface area (Å²) in [6, 6.07) is 48.4. The first-order valence-corrected chi connectivity index (χ1v) is 26.7. The molecule has 8 aromatic rings. The van der Waals surface area contributed by atoms with Gasteiger partial charge < -0.3 is 24.3 Å². The Morgan fingerprint density at radius 3 is 1.56 bits per heavy atom. The van der Waals surface area contributed by atoms with Gasteiger partial charge in [0.15, 0.2) is 6.29 Å². The number of benzene rings is 6. The van der Waals surface area contributed by atoms with Crippen molar-refractivity contribution in [2.75, 3.05) is 26.2 Å². The fraction of sp³-hybridized carbons (Fsp3) is 0.234. The van der Waals surface area contributed by atoms with E-state index in [2.05, 4.69) is 105 Å². The summed E-state index contributed by atoms with van der Waals surface area (Å²) in [6.45, 7) is 5.89. The molecule has 4 heterocycles. The van der Waals surface area contributed by atoms with Crippen LogP contribution in [0.4, 0.5) is 0 Å². The fourth-order valence-corrected chi connectivity index (χ4v) is 10.3. The van der Waals surface area contributed by atoms with Gasteiger partial charge in [-0.15, -0.1) is 0 Å². The van der Waals surface area contributed by atoms with E-state index in [0.29, 0.717) is 56.9 Å². The number of aromatic nitrogens is 2. The highest BCUT2D eigenvalue weighted by Crippen LogP contribution is 2.45. The van der Waals surface area contributed by atoms with Crippen molar-refractivity contribution in [3.63, 3.8) is 0 Å². The van der Waals surface area contributed by atoms with Crippen LogP contribution >= 0.6 is 23.2 Å². The van der Waals surface area contributed by atoms with Crippen LogP contribution in [0.2, 0.25) is 10.0 Å². The van der Waals surface area contributed by atoms with E-state index in [0.717, 1.165) is 73.3 Å². The van der Waals surface area contributed by atoms with Crippen LogP contribution in [0.5, 0.6) is 23.0 Å². The van der Waals surface area contributed by atoms with Gasteiger partial charge >= 0.3 is 0 Å². The number of hydrogen-bond acceptors (Lipinski definition) is 11. The van der Waals surface area contributed by atoms with E-state index < -0.39 is 0 Å². The van der Waals surface area contributed by atoms with E-state index in [1.165, 1.54) is 71.1 Å². The monoisotopic (exact) mass is 1060 g/mol. The van der Waals surface area contributed by atoms with Gasteiger partial charge in [0.05, 0.1) is 26.7 Å². The lowest BCUT2D eigenvalue weighted by Gasteiger charge is -2.31. The second kappa shape index (κ2) is 25.2. The topological polar surface area (TPSA) is 143 Å². The molecular weight excluding hydrogens is 1000 g/mol. The van der Waals surface area contributed by atoms with Crippen molar-refractivity contribution in [2.45, 2.75) is 70.5 Å². The Morgan fingerprint density at radius 1 is 0.597 bits per heavy atom. The third-order valence-corrected chi connectivity index (χ3v) is 14.7. The summed E-state index contributed by atoms with van der Waals surface area (Å²) in [6.07, 6.45) is 13.0. The molecule has 12 rings (SSSR count). The van der Waals surface area contributed by atoms with Crippen LogP contribution in [0.3, 0.4) is 0 Å². The molecule has 0 amide bonds.